The SMILES string of the molecule is CCOc1ccc2ccccc2c1CNCCCOC(C)C.Cl. The van der Waals surface area contributed by atoms with E-state index in [1.165, 1.54) is 16.3 Å². The molecule has 2 aromatic carbocycles. The maximum atomic E-state index is 5.79. The maximum Gasteiger partial charge on any atom is 0.124 e. The molecule has 4 heteroatoms. The summed E-state index contributed by atoms with van der Waals surface area (Å²) in [5.41, 5.74) is 1.24. The molecule has 0 aliphatic rings. The van der Waals surface area contributed by atoms with E-state index in [4.69, 9.17) is 9.47 Å². The van der Waals surface area contributed by atoms with E-state index in [1.807, 2.05) is 6.92 Å². The number of ether oxygens (including phenoxy) is 2. The number of hydrogen-bond acceptors (Lipinski definition) is 3. The summed E-state index contributed by atoms with van der Waals surface area (Å²) in [6, 6.07) is 12.7. The van der Waals surface area contributed by atoms with Gasteiger partial charge in [0.25, 0.3) is 0 Å². The van der Waals surface area contributed by atoms with E-state index in [1.54, 1.807) is 0 Å². The Bertz CT molecular complexity index is 587. The first-order chi connectivity index (χ1) is 10.7. The number of benzene rings is 2. The molecular weight excluding hydrogens is 310 g/mol. The van der Waals surface area contributed by atoms with E-state index in [9.17, 15) is 0 Å². The molecule has 0 atom stereocenters. The van der Waals surface area contributed by atoms with Gasteiger partial charge in [0.15, 0.2) is 0 Å². The third-order valence-corrected chi connectivity index (χ3v) is 3.55. The van der Waals surface area contributed by atoms with Gasteiger partial charge in [-0.3, -0.25) is 0 Å². The number of rotatable bonds is 9. The highest BCUT2D eigenvalue weighted by atomic mass is 35.5. The van der Waals surface area contributed by atoms with Crippen molar-refractivity contribution in [3.63, 3.8) is 0 Å². The summed E-state index contributed by atoms with van der Waals surface area (Å²) in [7, 11) is 0. The lowest BCUT2D eigenvalue weighted by atomic mass is 10.0. The Balaban J connectivity index is 0.00000264. The zero-order valence-corrected chi connectivity index (χ0v) is 15.1. The fraction of sp³-hybridized carbons (Fsp3) is 0.474. The number of nitrogens with one attached hydrogen (secondary N) is 1. The predicted molar refractivity (Wildman–Crippen MR) is 99.8 cm³/mol. The van der Waals surface area contributed by atoms with Gasteiger partial charge in [-0.05, 0) is 50.6 Å². The number of hydrogen-bond donors (Lipinski definition) is 1. The lowest BCUT2D eigenvalue weighted by Gasteiger charge is -2.14. The van der Waals surface area contributed by atoms with Gasteiger partial charge in [0.2, 0.25) is 0 Å². The Labute approximate surface area is 145 Å². The Morgan fingerprint density at radius 2 is 1.87 bits per heavy atom. The quantitative estimate of drug-likeness (QED) is 0.680. The molecule has 0 amide bonds. The van der Waals surface area contributed by atoms with Gasteiger partial charge in [-0.25, -0.2) is 0 Å². The summed E-state index contributed by atoms with van der Waals surface area (Å²) < 4.78 is 11.4. The zero-order chi connectivity index (χ0) is 15.8. The third kappa shape index (κ3) is 6.02. The van der Waals surface area contributed by atoms with Crippen LogP contribution in [0.5, 0.6) is 5.75 Å². The van der Waals surface area contributed by atoms with Crippen LogP contribution >= 0.6 is 12.4 Å². The minimum Gasteiger partial charge on any atom is -0.494 e. The van der Waals surface area contributed by atoms with Crippen molar-refractivity contribution in [2.24, 2.45) is 0 Å². The highest BCUT2D eigenvalue weighted by Crippen LogP contribution is 2.28. The van der Waals surface area contributed by atoms with Crippen molar-refractivity contribution in [1.82, 2.24) is 5.32 Å². The van der Waals surface area contributed by atoms with Gasteiger partial charge in [0.1, 0.15) is 5.75 Å². The van der Waals surface area contributed by atoms with Gasteiger partial charge < -0.3 is 14.8 Å². The summed E-state index contributed by atoms with van der Waals surface area (Å²) >= 11 is 0. The fourth-order valence-electron chi connectivity index (χ4n) is 2.52. The van der Waals surface area contributed by atoms with Crippen molar-refractivity contribution < 1.29 is 9.47 Å². The molecule has 0 spiro atoms. The highest BCUT2D eigenvalue weighted by molar-refractivity contribution is 5.87. The first-order valence-corrected chi connectivity index (χ1v) is 8.18. The standard InChI is InChI=1S/C19H27NO2.ClH/c1-4-21-19-11-10-16-8-5-6-9-17(16)18(19)14-20-12-7-13-22-15(2)3;/h5-6,8-11,15,20H,4,7,12-14H2,1-3H3;1H. The van der Waals surface area contributed by atoms with Crippen molar-refractivity contribution in [1.29, 1.82) is 0 Å². The number of fused-ring (bicyclic) bond motifs is 1. The van der Waals surface area contributed by atoms with Crippen LogP contribution in [0.4, 0.5) is 0 Å². The largest absolute Gasteiger partial charge is 0.494 e. The summed E-state index contributed by atoms with van der Waals surface area (Å²) in [4.78, 5) is 0. The second kappa shape index (κ2) is 10.5. The topological polar surface area (TPSA) is 30.5 Å². The Morgan fingerprint density at radius 3 is 2.61 bits per heavy atom. The van der Waals surface area contributed by atoms with Crippen LogP contribution in [0.2, 0.25) is 0 Å². The van der Waals surface area contributed by atoms with Crippen LogP contribution in [-0.4, -0.2) is 25.9 Å². The van der Waals surface area contributed by atoms with Crippen LogP contribution in [0.3, 0.4) is 0 Å². The lowest BCUT2D eigenvalue weighted by molar-refractivity contribution is 0.0770. The Morgan fingerprint density at radius 1 is 1.09 bits per heavy atom. The van der Waals surface area contributed by atoms with E-state index in [2.05, 4.69) is 55.6 Å². The minimum absolute atomic E-state index is 0. The third-order valence-electron chi connectivity index (χ3n) is 3.55. The molecule has 3 nitrogen and oxygen atoms in total. The molecular formula is C19H28ClNO2. The smallest absolute Gasteiger partial charge is 0.124 e. The van der Waals surface area contributed by atoms with Crippen molar-refractivity contribution >= 4 is 23.2 Å². The molecule has 0 aromatic heterocycles. The molecule has 0 radical (unpaired) electrons. The molecule has 128 valence electrons. The van der Waals surface area contributed by atoms with E-state index < -0.39 is 0 Å². The van der Waals surface area contributed by atoms with Crippen LogP contribution in [0.25, 0.3) is 10.8 Å². The molecule has 23 heavy (non-hydrogen) atoms. The maximum absolute atomic E-state index is 5.79. The van der Waals surface area contributed by atoms with Crippen LogP contribution < -0.4 is 10.1 Å². The first kappa shape index (κ1) is 19.8. The summed E-state index contributed by atoms with van der Waals surface area (Å²) in [5, 5.41) is 6.03. The fourth-order valence-corrected chi connectivity index (χ4v) is 2.52. The molecule has 0 saturated carbocycles. The first-order valence-electron chi connectivity index (χ1n) is 8.18. The van der Waals surface area contributed by atoms with Gasteiger partial charge in [0, 0.05) is 18.7 Å². The van der Waals surface area contributed by atoms with E-state index in [0.29, 0.717) is 12.7 Å². The minimum atomic E-state index is 0. The molecule has 0 bridgehead atoms. The molecule has 0 heterocycles. The average molecular weight is 338 g/mol. The van der Waals surface area contributed by atoms with Crippen molar-refractivity contribution in [3.05, 3.63) is 42.0 Å². The van der Waals surface area contributed by atoms with Gasteiger partial charge in [-0.2, -0.15) is 0 Å². The zero-order valence-electron chi connectivity index (χ0n) is 14.3. The molecule has 2 rings (SSSR count). The van der Waals surface area contributed by atoms with Gasteiger partial charge in [0.05, 0.1) is 12.7 Å². The van der Waals surface area contributed by atoms with Crippen LogP contribution in [-0.2, 0) is 11.3 Å². The average Bonchev–Trinajstić information content (AvgIpc) is 2.52. The summed E-state index contributed by atoms with van der Waals surface area (Å²) in [6.07, 6.45) is 1.33. The molecule has 0 aliphatic carbocycles. The van der Waals surface area contributed by atoms with E-state index >= 15 is 0 Å². The molecule has 2 aromatic rings. The predicted octanol–water partition coefficient (Wildman–Crippen LogP) is 4.57. The lowest BCUT2D eigenvalue weighted by Crippen LogP contribution is -2.18. The van der Waals surface area contributed by atoms with Crippen molar-refractivity contribution in [2.75, 3.05) is 19.8 Å². The van der Waals surface area contributed by atoms with Gasteiger partial charge >= 0.3 is 0 Å². The molecule has 1 N–H and O–H groups in total. The number of halogens is 1. The van der Waals surface area contributed by atoms with E-state index in [-0.39, 0.29) is 12.4 Å². The van der Waals surface area contributed by atoms with Crippen molar-refractivity contribution in [3.8, 4) is 5.75 Å². The Kier molecular flexibility index (Phi) is 9.00. The van der Waals surface area contributed by atoms with Crippen LogP contribution in [0.15, 0.2) is 36.4 Å². The van der Waals surface area contributed by atoms with Gasteiger partial charge in [-0.15, -0.1) is 12.4 Å². The monoisotopic (exact) mass is 337 g/mol. The summed E-state index contributed by atoms with van der Waals surface area (Å²) in [6.45, 7) is 9.41. The Hall–Kier alpha value is -1.29. The molecule has 0 aliphatic heterocycles. The summed E-state index contributed by atoms with van der Waals surface area (Å²) in [5.74, 6) is 0.979. The molecule has 0 saturated heterocycles. The van der Waals surface area contributed by atoms with Gasteiger partial charge in [-0.1, -0.05) is 30.3 Å². The molecule has 0 fully saturated rings. The second-order valence-electron chi connectivity index (χ2n) is 5.65. The van der Waals surface area contributed by atoms with E-state index in [0.717, 1.165) is 31.9 Å². The second-order valence-corrected chi connectivity index (χ2v) is 5.65. The van der Waals surface area contributed by atoms with Crippen LogP contribution in [0, 0.1) is 0 Å². The molecule has 0 unspecified atom stereocenters. The highest BCUT2D eigenvalue weighted by Gasteiger charge is 2.08. The van der Waals surface area contributed by atoms with Crippen molar-refractivity contribution in [2.45, 2.75) is 39.8 Å². The van der Waals surface area contributed by atoms with Crippen LogP contribution in [0.1, 0.15) is 32.8 Å². The normalized spacial score (nSPS) is 10.8.